The molecule has 0 bridgehead atoms. The Morgan fingerprint density at radius 2 is 2.08 bits per heavy atom. The molecule has 8 heteroatoms. The predicted molar refractivity (Wildman–Crippen MR) is 92.9 cm³/mol. The van der Waals surface area contributed by atoms with Crippen molar-refractivity contribution >= 4 is 23.5 Å². The number of fused-ring (bicyclic) bond motifs is 1. The van der Waals surface area contributed by atoms with Crippen molar-refractivity contribution in [2.45, 2.75) is 6.54 Å². The van der Waals surface area contributed by atoms with E-state index in [-0.39, 0.29) is 12.6 Å². The van der Waals surface area contributed by atoms with Gasteiger partial charge in [-0.2, -0.15) is 0 Å². The number of carbonyl (C=O) groups excluding carboxylic acids is 1. The Labute approximate surface area is 154 Å². The second-order valence-corrected chi connectivity index (χ2v) is 6.02. The van der Waals surface area contributed by atoms with Crippen molar-refractivity contribution in [1.29, 1.82) is 0 Å². The summed E-state index contributed by atoms with van der Waals surface area (Å²) in [6, 6.07) is 9.96. The number of ether oxygens (including phenoxy) is 3. The molecule has 0 radical (unpaired) electrons. The molecule has 1 aliphatic heterocycles. The maximum Gasteiger partial charge on any atom is 0.341 e. The van der Waals surface area contributed by atoms with Gasteiger partial charge in [-0.05, 0) is 35.9 Å². The van der Waals surface area contributed by atoms with Crippen molar-refractivity contribution < 1.29 is 28.9 Å². The van der Waals surface area contributed by atoms with Crippen molar-refractivity contribution in [3.05, 3.63) is 52.5 Å². The van der Waals surface area contributed by atoms with E-state index in [0.29, 0.717) is 34.4 Å². The molecule has 0 saturated heterocycles. The average Bonchev–Trinajstić information content (AvgIpc) is 2.63. The molecule has 1 heterocycles. The zero-order valence-corrected chi connectivity index (χ0v) is 14.7. The van der Waals surface area contributed by atoms with E-state index in [2.05, 4.69) is 0 Å². The largest absolute Gasteiger partial charge is 0.493 e. The summed E-state index contributed by atoms with van der Waals surface area (Å²) in [5.74, 6) is -0.0522. The van der Waals surface area contributed by atoms with Crippen LogP contribution < -0.4 is 14.2 Å². The van der Waals surface area contributed by atoms with Gasteiger partial charge in [0, 0.05) is 11.6 Å². The number of hydrogen-bond donors (Lipinski definition) is 1. The number of carboxylic acid groups (broad SMARTS) is 1. The van der Waals surface area contributed by atoms with Crippen molar-refractivity contribution in [3.8, 4) is 17.2 Å². The molecule has 1 aliphatic rings. The molecular formula is C18H16ClNO6. The van der Waals surface area contributed by atoms with Gasteiger partial charge in [0.1, 0.15) is 5.75 Å². The fraction of sp³-hybridized carbons (Fsp3) is 0.222. The Hall–Kier alpha value is -2.93. The smallest absolute Gasteiger partial charge is 0.341 e. The van der Waals surface area contributed by atoms with Gasteiger partial charge in [0.25, 0.3) is 5.91 Å². The summed E-state index contributed by atoms with van der Waals surface area (Å²) in [7, 11) is 1.46. The molecule has 1 N–H and O–H groups in total. The number of rotatable bonds is 6. The van der Waals surface area contributed by atoms with E-state index < -0.39 is 12.6 Å². The van der Waals surface area contributed by atoms with E-state index in [1.54, 1.807) is 36.4 Å². The molecule has 0 fully saturated rings. The molecule has 0 aliphatic carbocycles. The Balaban J connectivity index is 1.76. The van der Waals surface area contributed by atoms with Crippen LogP contribution in [0.1, 0.15) is 15.9 Å². The van der Waals surface area contributed by atoms with Gasteiger partial charge in [0.15, 0.2) is 24.8 Å². The monoisotopic (exact) mass is 377 g/mol. The Kier molecular flexibility index (Phi) is 5.18. The van der Waals surface area contributed by atoms with E-state index >= 15 is 0 Å². The maximum absolute atomic E-state index is 12.6. The average molecular weight is 378 g/mol. The van der Waals surface area contributed by atoms with Crippen LogP contribution in [-0.4, -0.2) is 42.3 Å². The lowest BCUT2D eigenvalue weighted by Gasteiger charge is -2.29. The van der Waals surface area contributed by atoms with E-state index in [1.807, 2.05) is 0 Å². The van der Waals surface area contributed by atoms with E-state index in [1.165, 1.54) is 12.0 Å². The van der Waals surface area contributed by atoms with E-state index in [4.69, 9.17) is 30.9 Å². The SMILES string of the molecule is COc1cc(CN2COc3ccc(Cl)cc3C2=O)ccc1OCC(=O)O. The zero-order chi connectivity index (χ0) is 18.7. The Morgan fingerprint density at radius 1 is 1.27 bits per heavy atom. The number of aliphatic carboxylic acids is 1. The van der Waals surface area contributed by atoms with Crippen LogP contribution in [-0.2, 0) is 11.3 Å². The first-order chi connectivity index (χ1) is 12.5. The number of nitrogens with zero attached hydrogens (tertiary/aromatic N) is 1. The standard InChI is InChI=1S/C18H16ClNO6/c1-24-16-6-11(2-4-15(16)25-9-17(21)22)8-20-10-26-14-5-3-12(19)7-13(14)18(20)23/h2-7H,8-10H2,1H3,(H,21,22). The number of halogens is 1. The molecule has 136 valence electrons. The van der Waals surface area contributed by atoms with Gasteiger partial charge in [0.2, 0.25) is 0 Å². The van der Waals surface area contributed by atoms with Crippen molar-refractivity contribution in [2.24, 2.45) is 0 Å². The third kappa shape index (κ3) is 3.83. The van der Waals surface area contributed by atoms with Gasteiger partial charge in [-0.25, -0.2) is 4.79 Å². The molecule has 0 unspecified atom stereocenters. The molecule has 3 rings (SSSR count). The lowest BCUT2D eigenvalue weighted by atomic mass is 10.1. The summed E-state index contributed by atoms with van der Waals surface area (Å²) in [4.78, 5) is 24.8. The highest BCUT2D eigenvalue weighted by Gasteiger charge is 2.26. The number of amides is 1. The number of carboxylic acids is 1. The van der Waals surface area contributed by atoms with Gasteiger partial charge in [-0.1, -0.05) is 17.7 Å². The summed E-state index contributed by atoms with van der Waals surface area (Å²) in [6.07, 6.45) is 0. The first-order valence-electron chi connectivity index (χ1n) is 7.71. The molecule has 7 nitrogen and oxygen atoms in total. The fourth-order valence-corrected chi connectivity index (χ4v) is 2.75. The first-order valence-corrected chi connectivity index (χ1v) is 8.09. The second-order valence-electron chi connectivity index (χ2n) is 5.58. The summed E-state index contributed by atoms with van der Waals surface area (Å²) < 4.78 is 16.0. The van der Waals surface area contributed by atoms with E-state index in [9.17, 15) is 9.59 Å². The van der Waals surface area contributed by atoms with Gasteiger partial charge >= 0.3 is 5.97 Å². The minimum atomic E-state index is -1.08. The molecule has 0 saturated carbocycles. The van der Waals surface area contributed by atoms with Crippen LogP contribution in [0.4, 0.5) is 0 Å². The second kappa shape index (κ2) is 7.53. The van der Waals surface area contributed by atoms with Crippen LogP contribution in [0.15, 0.2) is 36.4 Å². The van der Waals surface area contributed by atoms with Crippen LogP contribution >= 0.6 is 11.6 Å². The Bertz CT molecular complexity index is 854. The molecule has 1 amide bonds. The topological polar surface area (TPSA) is 85.3 Å². The predicted octanol–water partition coefficient (Wildman–Crippen LogP) is 2.80. The minimum Gasteiger partial charge on any atom is -0.493 e. The number of benzene rings is 2. The normalized spacial score (nSPS) is 13.0. The highest BCUT2D eigenvalue weighted by Crippen LogP contribution is 2.31. The number of hydrogen-bond acceptors (Lipinski definition) is 5. The van der Waals surface area contributed by atoms with Crippen LogP contribution in [0.25, 0.3) is 0 Å². The number of carbonyl (C=O) groups is 2. The van der Waals surface area contributed by atoms with Crippen LogP contribution in [0.2, 0.25) is 5.02 Å². The van der Waals surface area contributed by atoms with Crippen LogP contribution in [0.5, 0.6) is 17.2 Å². The van der Waals surface area contributed by atoms with Crippen LogP contribution in [0, 0.1) is 0 Å². The summed E-state index contributed by atoms with van der Waals surface area (Å²) in [5, 5.41) is 9.17. The van der Waals surface area contributed by atoms with Crippen molar-refractivity contribution in [2.75, 3.05) is 20.4 Å². The van der Waals surface area contributed by atoms with Gasteiger partial charge in [0.05, 0.1) is 12.7 Å². The first kappa shape index (κ1) is 17.9. The third-order valence-corrected chi connectivity index (χ3v) is 4.02. The fourth-order valence-electron chi connectivity index (χ4n) is 2.58. The molecule has 2 aromatic carbocycles. The molecule has 0 aromatic heterocycles. The van der Waals surface area contributed by atoms with Gasteiger partial charge in [-0.3, -0.25) is 4.79 Å². The highest BCUT2D eigenvalue weighted by molar-refractivity contribution is 6.31. The van der Waals surface area contributed by atoms with Crippen LogP contribution in [0.3, 0.4) is 0 Å². The zero-order valence-electron chi connectivity index (χ0n) is 13.9. The third-order valence-electron chi connectivity index (χ3n) is 3.79. The molecular weight excluding hydrogens is 362 g/mol. The van der Waals surface area contributed by atoms with Crippen molar-refractivity contribution in [1.82, 2.24) is 4.90 Å². The quantitative estimate of drug-likeness (QED) is 0.833. The lowest BCUT2D eigenvalue weighted by molar-refractivity contribution is -0.139. The highest BCUT2D eigenvalue weighted by atomic mass is 35.5. The van der Waals surface area contributed by atoms with Gasteiger partial charge in [-0.15, -0.1) is 0 Å². The summed E-state index contributed by atoms with van der Waals surface area (Å²) in [6.45, 7) is -0.0564. The molecule has 2 aromatic rings. The molecule has 0 spiro atoms. The van der Waals surface area contributed by atoms with Gasteiger partial charge < -0.3 is 24.2 Å². The summed E-state index contributed by atoms with van der Waals surface area (Å²) >= 11 is 5.96. The van der Waals surface area contributed by atoms with Crippen molar-refractivity contribution in [3.63, 3.8) is 0 Å². The molecule has 0 atom stereocenters. The van der Waals surface area contributed by atoms with E-state index in [0.717, 1.165) is 5.56 Å². The molecule has 26 heavy (non-hydrogen) atoms. The lowest BCUT2D eigenvalue weighted by Crippen LogP contribution is -2.38. The summed E-state index contributed by atoms with van der Waals surface area (Å²) in [5.41, 5.74) is 1.20. The minimum absolute atomic E-state index is 0.118. The maximum atomic E-state index is 12.6. The Morgan fingerprint density at radius 3 is 2.81 bits per heavy atom. The number of methoxy groups -OCH3 is 1.